The Bertz CT molecular complexity index is 540. The highest BCUT2D eigenvalue weighted by Gasteiger charge is 2.08. The molecule has 17 heavy (non-hydrogen) atoms. The molecule has 0 radical (unpaired) electrons. The highest BCUT2D eigenvalue weighted by Crippen LogP contribution is 2.25. The molecule has 0 unspecified atom stereocenters. The van der Waals surface area contributed by atoms with Crippen molar-refractivity contribution in [2.24, 2.45) is 7.05 Å². The molecule has 2 heterocycles. The predicted molar refractivity (Wildman–Crippen MR) is 67.0 cm³/mol. The molecule has 0 spiro atoms. The van der Waals surface area contributed by atoms with Gasteiger partial charge in [-0.1, -0.05) is 29.3 Å². The van der Waals surface area contributed by atoms with E-state index in [1.54, 1.807) is 22.8 Å². The Morgan fingerprint density at radius 3 is 2.76 bits per heavy atom. The fourth-order valence-electron chi connectivity index (χ4n) is 1.45. The Labute approximate surface area is 108 Å². The summed E-state index contributed by atoms with van der Waals surface area (Å²) in [6.07, 6.45) is 0. The van der Waals surface area contributed by atoms with Crippen molar-refractivity contribution in [1.82, 2.24) is 9.55 Å². The van der Waals surface area contributed by atoms with Crippen molar-refractivity contribution in [2.75, 3.05) is 5.32 Å². The average molecular weight is 274 g/mol. The van der Waals surface area contributed by atoms with Gasteiger partial charge in [-0.2, -0.15) is 4.39 Å². The fourth-order valence-corrected chi connectivity index (χ4v) is 1.86. The van der Waals surface area contributed by atoms with Gasteiger partial charge in [-0.25, -0.2) is 4.98 Å². The monoisotopic (exact) mass is 273 g/mol. The van der Waals surface area contributed by atoms with E-state index in [-0.39, 0.29) is 0 Å². The molecule has 2 aromatic rings. The quantitative estimate of drug-likeness (QED) is 0.868. The van der Waals surface area contributed by atoms with Crippen molar-refractivity contribution >= 4 is 29.0 Å². The lowest BCUT2D eigenvalue weighted by Gasteiger charge is -2.06. The minimum absolute atomic E-state index is 0.471. The van der Waals surface area contributed by atoms with Crippen molar-refractivity contribution in [1.29, 1.82) is 0 Å². The van der Waals surface area contributed by atoms with Gasteiger partial charge in [0.1, 0.15) is 11.0 Å². The van der Waals surface area contributed by atoms with Crippen LogP contribution in [0.5, 0.6) is 0 Å². The molecule has 6 heteroatoms. The summed E-state index contributed by atoms with van der Waals surface area (Å²) in [5, 5.41) is 3.97. The van der Waals surface area contributed by atoms with E-state index in [4.69, 9.17) is 23.2 Å². The first-order chi connectivity index (χ1) is 8.08. The first-order valence-corrected chi connectivity index (χ1v) is 5.69. The summed E-state index contributed by atoms with van der Waals surface area (Å²) in [7, 11) is 1.81. The van der Waals surface area contributed by atoms with Gasteiger partial charge in [0.15, 0.2) is 0 Å². The largest absolute Gasteiger partial charge is 0.364 e. The summed E-state index contributed by atoms with van der Waals surface area (Å²) in [4.78, 5) is 3.69. The zero-order valence-corrected chi connectivity index (χ0v) is 10.6. The Morgan fingerprint density at radius 2 is 2.18 bits per heavy atom. The smallest absolute Gasteiger partial charge is 0.214 e. The molecule has 0 bridgehead atoms. The van der Waals surface area contributed by atoms with Crippen LogP contribution in [-0.2, 0) is 13.6 Å². The van der Waals surface area contributed by atoms with E-state index in [1.165, 1.54) is 6.07 Å². The number of anilines is 1. The van der Waals surface area contributed by atoms with Crippen LogP contribution in [0.2, 0.25) is 10.2 Å². The van der Waals surface area contributed by atoms with Crippen LogP contribution < -0.4 is 5.32 Å². The summed E-state index contributed by atoms with van der Waals surface area (Å²) < 4.78 is 14.6. The molecule has 0 amide bonds. The summed E-state index contributed by atoms with van der Waals surface area (Å²) in [6.45, 7) is 0.472. The minimum atomic E-state index is -0.516. The molecule has 0 saturated carbocycles. The normalized spacial score (nSPS) is 10.6. The number of halogens is 3. The molecule has 90 valence electrons. The Morgan fingerprint density at radius 1 is 1.41 bits per heavy atom. The predicted octanol–water partition coefficient (Wildman–Crippen LogP) is 3.48. The minimum Gasteiger partial charge on any atom is -0.364 e. The number of pyridine rings is 1. The molecule has 0 atom stereocenters. The summed E-state index contributed by atoms with van der Waals surface area (Å²) >= 11 is 11.8. The molecule has 2 rings (SSSR count). The molecule has 2 aromatic heterocycles. The third-order valence-electron chi connectivity index (χ3n) is 2.38. The van der Waals surface area contributed by atoms with Gasteiger partial charge in [-0.3, -0.25) is 0 Å². The second kappa shape index (κ2) is 4.94. The van der Waals surface area contributed by atoms with Crippen molar-refractivity contribution in [3.63, 3.8) is 0 Å². The molecule has 0 saturated heterocycles. The number of rotatable bonds is 3. The molecule has 1 N–H and O–H groups in total. The molecule has 0 aliphatic carbocycles. The van der Waals surface area contributed by atoms with Gasteiger partial charge in [-0.15, -0.1) is 0 Å². The van der Waals surface area contributed by atoms with Crippen LogP contribution in [0.3, 0.4) is 0 Å². The standard InChI is InChI=1S/C11H10Cl2FN3/c1-17-7(5-8(12)11(17)13)6-15-10-4-2-3-9(14)16-10/h2-5H,6H2,1H3,(H,15,16). The fraction of sp³-hybridized carbons (Fsp3) is 0.182. The van der Waals surface area contributed by atoms with E-state index in [9.17, 15) is 4.39 Å². The van der Waals surface area contributed by atoms with Gasteiger partial charge in [-0.05, 0) is 18.2 Å². The van der Waals surface area contributed by atoms with Crippen LogP contribution in [0.15, 0.2) is 24.3 Å². The number of hydrogen-bond acceptors (Lipinski definition) is 2. The Hall–Kier alpha value is -1.26. The number of hydrogen-bond donors (Lipinski definition) is 1. The van der Waals surface area contributed by atoms with E-state index in [2.05, 4.69) is 10.3 Å². The van der Waals surface area contributed by atoms with E-state index in [0.717, 1.165) is 5.69 Å². The third kappa shape index (κ3) is 2.70. The van der Waals surface area contributed by atoms with E-state index in [0.29, 0.717) is 22.5 Å². The van der Waals surface area contributed by atoms with Gasteiger partial charge >= 0.3 is 0 Å². The van der Waals surface area contributed by atoms with Crippen LogP contribution >= 0.6 is 23.2 Å². The first-order valence-electron chi connectivity index (χ1n) is 4.94. The number of nitrogens with zero attached hydrogens (tertiary/aromatic N) is 2. The van der Waals surface area contributed by atoms with Crippen molar-refractivity contribution < 1.29 is 4.39 Å². The first kappa shape index (κ1) is 12.2. The summed E-state index contributed by atoms with van der Waals surface area (Å²) in [6, 6.07) is 6.34. The van der Waals surface area contributed by atoms with Crippen LogP contribution in [0.4, 0.5) is 10.2 Å². The lowest BCUT2D eigenvalue weighted by molar-refractivity contribution is 0.585. The Kier molecular flexibility index (Phi) is 3.54. The van der Waals surface area contributed by atoms with Gasteiger partial charge < -0.3 is 9.88 Å². The van der Waals surface area contributed by atoms with Crippen LogP contribution in [-0.4, -0.2) is 9.55 Å². The maximum absolute atomic E-state index is 12.8. The number of nitrogens with one attached hydrogen (secondary N) is 1. The zero-order valence-electron chi connectivity index (χ0n) is 9.04. The van der Waals surface area contributed by atoms with Crippen molar-refractivity contribution in [2.45, 2.75) is 6.54 Å². The molecule has 0 aliphatic rings. The van der Waals surface area contributed by atoms with E-state index >= 15 is 0 Å². The third-order valence-corrected chi connectivity index (χ3v) is 3.22. The lowest BCUT2D eigenvalue weighted by atomic mass is 10.4. The molecule has 0 aliphatic heterocycles. The van der Waals surface area contributed by atoms with Gasteiger partial charge in [0.2, 0.25) is 5.95 Å². The molecule has 3 nitrogen and oxygen atoms in total. The zero-order chi connectivity index (χ0) is 12.4. The summed E-state index contributed by atoms with van der Waals surface area (Å²) in [5.41, 5.74) is 0.895. The highest BCUT2D eigenvalue weighted by molar-refractivity contribution is 6.41. The van der Waals surface area contributed by atoms with Gasteiger partial charge in [0.25, 0.3) is 0 Å². The van der Waals surface area contributed by atoms with Gasteiger partial charge in [0, 0.05) is 12.7 Å². The number of aromatic nitrogens is 2. The second-order valence-electron chi connectivity index (χ2n) is 3.53. The highest BCUT2D eigenvalue weighted by atomic mass is 35.5. The van der Waals surface area contributed by atoms with E-state index in [1.807, 2.05) is 7.05 Å². The van der Waals surface area contributed by atoms with Crippen LogP contribution in [0.1, 0.15) is 5.69 Å². The van der Waals surface area contributed by atoms with Crippen LogP contribution in [0, 0.1) is 5.95 Å². The lowest BCUT2D eigenvalue weighted by Crippen LogP contribution is -2.06. The van der Waals surface area contributed by atoms with E-state index < -0.39 is 5.95 Å². The average Bonchev–Trinajstić information content (AvgIpc) is 2.54. The SMILES string of the molecule is Cn1c(CNc2cccc(F)n2)cc(Cl)c1Cl. The maximum Gasteiger partial charge on any atom is 0.214 e. The van der Waals surface area contributed by atoms with Crippen LogP contribution in [0.25, 0.3) is 0 Å². The molecular weight excluding hydrogens is 264 g/mol. The molecule has 0 aromatic carbocycles. The summed E-state index contributed by atoms with van der Waals surface area (Å²) in [5.74, 6) is -0.0450. The Balaban J connectivity index is 2.10. The van der Waals surface area contributed by atoms with Crippen molar-refractivity contribution in [3.05, 3.63) is 46.1 Å². The molecular formula is C11H10Cl2FN3. The second-order valence-corrected chi connectivity index (χ2v) is 4.30. The van der Waals surface area contributed by atoms with Crippen molar-refractivity contribution in [3.8, 4) is 0 Å². The molecule has 0 fully saturated rings. The maximum atomic E-state index is 12.8. The van der Waals surface area contributed by atoms with Gasteiger partial charge in [0.05, 0.1) is 11.6 Å². The topological polar surface area (TPSA) is 29.9 Å².